The van der Waals surface area contributed by atoms with Crippen LogP contribution in [0, 0.1) is 31.6 Å². The number of ketones is 1. The van der Waals surface area contributed by atoms with Crippen molar-refractivity contribution in [3.05, 3.63) is 95.4 Å². The number of aromatic nitrogens is 3. The van der Waals surface area contributed by atoms with Crippen molar-refractivity contribution in [3.63, 3.8) is 0 Å². The molecule has 1 fully saturated rings. The van der Waals surface area contributed by atoms with Crippen LogP contribution in [0.5, 0.6) is 0 Å². The van der Waals surface area contributed by atoms with Crippen LogP contribution in [0.25, 0.3) is 41.5 Å². The first-order valence-electron chi connectivity index (χ1n) is 17.5. The summed E-state index contributed by atoms with van der Waals surface area (Å²) in [6.07, 6.45) is 12.3. The van der Waals surface area contributed by atoms with Crippen molar-refractivity contribution in [1.82, 2.24) is 15.0 Å². The first-order valence-corrected chi connectivity index (χ1v) is 17.5. The molecule has 11 heteroatoms. The second-order valence-electron chi connectivity index (χ2n) is 13.5. The molecule has 1 N–H and O–H groups in total. The van der Waals surface area contributed by atoms with E-state index in [-0.39, 0.29) is 59.7 Å². The third-order valence-corrected chi connectivity index (χ3v) is 10.8. The Morgan fingerprint density at radius 3 is 2.40 bits per heavy atom. The number of fused-ring (bicyclic) bond motifs is 8. The summed E-state index contributed by atoms with van der Waals surface area (Å²) in [6.45, 7) is 16.1. The molecule has 3 aliphatic rings. The number of aliphatic hydroxyl groups excluding tert-OH is 1. The van der Waals surface area contributed by atoms with Crippen LogP contribution in [-0.2, 0) is 25.5 Å². The molecule has 52 heavy (non-hydrogen) atoms. The fourth-order valence-corrected chi connectivity index (χ4v) is 7.63. The first-order chi connectivity index (χ1) is 24.5. The fraction of sp³-hybridized carbons (Fsp3) is 0.390. The van der Waals surface area contributed by atoms with Gasteiger partial charge in [-0.2, -0.15) is 5.70 Å². The van der Waals surface area contributed by atoms with Crippen LogP contribution < -0.4 is 36.2 Å². The van der Waals surface area contributed by atoms with E-state index >= 15 is 0 Å². The molecule has 0 amide bonds. The molecule has 1 saturated heterocycles. The second-order valence-corrected chi connectivity index (χ2v) is 13.5. The van der Waals surface area contributed by atoms with Gasteiger partial charge in [0, 0.05) is 12.0 Å². The SMILES string of the molecule is C=Cc1c2[n-]c(c1C)/C=C1\[N-]C(C3=c4[n-]/c(c(C)c4C(=O)[C@@H]3C(=O)OC)=C\c3[n-]c(/c(=C\O)c3CC)=C\2)[C@@H](CCC(=O)OC/C=C(\C)CC)[C@@H]1C.[Mg+2]. The number of ether oxygens (including phenoxy) is 2. The van der Waals surface area contributed by atoms with Gasteiger partial charge in [-0.15, -0.1) is 33.1 Å². The zero-order valence-electron chi connectivity index (χ0n) is 31.0. The van der Waals surface area contributed by atoms with E-state index in [1.54, 1.807) is 6.08 Å². The Balaban J connectivity index is 0.00000523. The van der Waals surface area contributed by atoms with Crippen LogP contribution in [0.15, 0.2) is 23.9 Å². The van der Waals surface area contributed by atoms with Crippen molar-refractivity contribution >= 4 is 76.9 Å². The third-order valence-electron chi connectivity index (χ3n) is 10.8. The molecule has 0 spiro atoms. The van der Waals surface area contributed by atoms with Gasteiger partial charge in [0.05, 0.1) is 13.4 Å². The standard InChI is InChI=1S/C41H44N4O6.Mg/c1-9-20(4)14-15-51-34(47)13-12-26-22(6)29-16-28-21(5)24(10-2)31(42-28)18-33-27(19-46)25(11-3)32(43-33)17-30-23(7)35-39(45-30)36(38(26)44-29)37(40(35)48)41(49)50-8;/h10,14,16-19,22,26,37-38H,2,9,11-13,15H2,1,3-8H3,(H,46,48);/q-4;+2/b20-14+,29-16-,33-18-;/t22-,26-,37+,38?;/m0./s1. The molecule has 6 rings (SSSR count). The Kier molecular flexibility index (Phi) is 11.6. The zero-order chi connectivity index (χ0) is 36.7. The Hall–Kier alpha value is -4.48. The number of methoxy groups -OCH3 is 1. The normalized spacial score (nSPS) is 23.1. The second kappa shape index (κ2) is 15.6. The molecule has 268 valence electrons. The maximum absolute atomic E-state index is 14.2. The first kappa shape index (κ1) is 38.7. The van der Waals surface area contributed by atoms with Crippen molar-refractivity contribution < 1.29 is 29.0 Å². The van der Waals surface area contributed by atoms with Gasteiger partial charge in [-0.3, -0.25) is 14.4 Å². The maximum Gasteiger partial charge on any atom is 2.00 e. The Morgan fingerprint density at radius 1 is 1.02 bits per heavy atom. The summed E-state index contributed by atoms with van der Waals surface area (Å²) in [6, 6.07) is -0.642. The number of allylic oxidation sites excluding steroid dienone is 2. The molecule has 5 heterocycles. The molecule has 3 aromatic rings. The molecule has 0 radical (unpaired) electrons. The predicted octanol–water partition coefficient (Wildman–Crippen LogP) is 3.13. The third kappa shape index (κ3) is 6.64. The van der Waals surface area contributed by atoms with Gasteiger partial charge in [0.1, 0.15) is 12.5 Å². The molecule has 1 aliphatic carbocycles. The van der Waals surface area contributed by atoms with Crippen LogP contribution in [0.3, 0.4) is 0 Å². The number of nitrogens with zero attached hydrogens (tertiary/aromatic N) is 4. The molecule has 10 nitrogen and oxygen atoms in total. The molecule has 2 aliphatic heterocycles. The summed E-state index contributed by atoms with van der Waals surface area (Å²) in [4.78, 5) is 55.5. The number of rotatable bonds is 9. The van der Waals surface area contributed by atoms with Crippen LogP contribution in [-0.4, -0.2) is 65.6 Å². The van der Waals surface area contributed by atoms with Crippen LogP contribution in [0.1, 0.15) is 96.7 Å². The Bertz CT molecular complexity index is 2270. The van der Waals surface area contributed by atoms with E-state index in [0.29, 0.717) is 67.9 Å². The minimum absolute atomic E-state index is 0. The van der Waals surface area contributed by atoms with E-state index in [0.717, 1.165) is 40.6 Å². The van der Waals surface area contributed by atoms with E-state index in [1.165, 1.54) is 7.11 Å². The van der Waals surface area contributed by atoms with Crippen molar-refractivity contribution in [2.45, 2.75) is 73.3 Å². The van der Waals surface area contributed by atoms with Gasteiger partial charge in [-0.05, 0) is 68.7 Å². The quantitative estimate of drug-likeness (QED) is 0.153. The topological polar surface area (TPSA) is 146 Å². The van der Waals surface area contributed by atoms with E-state index in [4.69, 9.17) is 29.7 Å². The fourth-order valence-electron chi connectivity index (χ4n) is 7.63. The number of Topliss-reactive ketones (excluding diaryl/α,β-unsaturated/α-hetero) is 1. The van der Waals surface area contributed by atoms with Crippen molar-refractivity contribution in [2.75, 3.05) is 13.7 Å². The summed E-state index contributed by atoms with van der Waals surface area (Å²) in [5.74, 6) is -3.03. The van der Waals surface area contributed by atoms with Crippen molar-refractivity contribution in [2.24, 2.45) is 17.8 Å². The van der Waals surface area contributed by atoms with Gasteiger partial charge >= 0.3 is 35.0 Å². The van der Waals surface area contributed by atoms with Gasteiger partial charge in [-0.25, -0.2) is 0 Å². The average Bonchev–Trinajstić information content (AvgIpc) is 3.87. The van der Waals surface area contributed by atoms with Gasteiger partial charge < -0.3 is 34.8 Å². The summed E-state index contributed by atoms with van der Waals surface area (Å²) in [5, 5.41) is 17.7. The van der Waals surface area contributed by atoms with E-state index in [9.17, 15) is 19.5 Å². The van der Waals surface area contributed by atoms with Crippen molar-refractivity contribution in [3.8, 4) is 0 Å². The molecular formula is C41H44MgN4O6-2. The summed E-state index contributed by atoms with van der Waals surface area (Å²) in [7, 11) is 1.27. The molecule has 8 bridgehead atoms. The largest absolute Gasteiger partial charge is 2.00 e. The van der Waals surface area contributed by atoms with Crippen LogP contribution in [0.2, 0.25) is 0 Å². The summed E-state index contributed by atoms with van der Waals surface area (Å²) >= 11 is 0. The van der Waals surface area contributed by atoms with Crippen LogP contribution >= 0.6 is 0 Å². The van der Waals surface area contributed by atoms with Crippen LogP contribution in [0.4, 0.5) is 0 Å². The maximum atomic E-state index is 14.2. The smallest absolute Gasteiger partial charge is 0.681 e. The molecule has 1 unspecified atom stereocenters. The van der Waals surface area contributed by atoms with E-state index in [1.807, 2.05) is 65.8 Å². The number of carbonyl (C=O) groups is 3. The Morgan fingerprint density at radius 2 is 1.75 bits per heavy atom. The van der Waals surface area contributed by atoms with E-state index < -0.39 is 17.9 Å². The predicted molar refractivity (Wildman–Crippen MR) is 202 cm³/mol. The minimum Gasteiger partial charge on any atom is -0.681 e. The number of aliphatic hydroxyl groups is 1. The van der Waals surface area contributed by atoms with Gasteiger partial charge in [0.2, 0.25) is 0 Å². The number of hydrogen-bond donors (Lipinski definition) is 1. The Labute approximate surface area is 319 Å². The van der Waals surface area contributed by atoms with Crippen molar-refractivity contribution in [1.29, 1.82) is 0 Å². The van der Waals surface area contributed by atoms with E-state index in [2.05, 4.69) is 6.58 Å². The monoisotopic (exact) mass is 712 g/mol. The summed E-state index contributed by atoms with van der Waals surface area (Å²) < 4.78 is 10.7. The molecular weight excluding hydrogens is 669 g/mol. The van der Waals surface area contributed by atoms with Gasteiger partial charge in [0.25, 0.3) is 0 Å². The number of carbonyl (C=O) groups excluding carboxylic acids is 3. The molecule has 0 saturated carbocycles. The number of hydrogen-bond acceptors (Lipinski definition) is 6. The number of esters is 2. The summed E-state index contributed by atoms with van der Waals surface area (Å²) in [5.41, 5.74) is 7.85. The molecule has 0 aromatic carbocycles. The average molecular weight is 713 g/mol. The van der Waals surface area contributed by atoms with Gasteiger partial charge in [-0.1, -0.05) is 85.5 Å². The zero-order valence-corrected chi connectivity index (χ0v) is 32.4. The molecule has 3 aromatic heterocycles. The molecule has 4 atom stereocenters. The van der Waals surface area contributed by atoms with Gasteiger partial charge in [0.15, 0.2) is 5.78 Å². The minimum atomic E-state index is -1.21.